The second-order valence-electron chi connectivity index (χ2n) is 9.22. The molecule has 0 saturated carbocycles. The number of rotatable bonds is 1. The highest BCUT2D eigenvalue weighted by Gasteiger charge is 2.33. The lowest BCUT2D eigenvalue weighted by Gasteiger charge is -2.10. The molecule has 0 aromatic heterocycles. The van der Waals surface area contributed by atoms with Crippen LogP contribution in [0, 0.1) is 35.8 Å². The van der Waals surface area contributed by atoms with Gasteiger partial charge in [0, 0.05) is 11.1 Å². The Hall–Kier alpha value is -5.89. The average molecular weight is 522 g/mol. The Balaban J connectivity index is 1.61. The van der Waals surface area contributed by atoms with E-state index in [9.17, 15) is 23.7 Å². The van der Waals surface area contributed by atoms with Gasteiger partial charge in [-0.3, -0.25) is 0 Å². The summed E-state index contributed by atoms with van der Waals surface area (Å²) in [4.78, 5) is 6.95. The van der Waals surface area contributed by atoms with Gasteiger partial charge < -0.3 is 0 Å². The summed E-state index contributed by atoms with van der Waals surface area (Å²) in [6.45, 7) is 15.3. The Morgan fingerprint density at radius 3 is 1.57 bits per heavy atom. The maximum atomic E-state index is 13.1. The molecule has 0 N–H and O–H groups in total. The summed E-state index contributed by atoms with van der Waals surface area (Å²) in [6, 6.07) is 25.5. The first kappa shape index (κ1) is 24.4. The molecule has 4 nitrogen and oxygen atoms in total. The number of hydrogen-bond donors (Lipinski definition) is 0. The summed E-state index contributed by atoms with van der Waals surface area (Å²) in [7, 11) is 0. The molecule has 40 heavy (non-hydrogen) atoms. The average Bonchev–Trinajstić information content (AvgIpc) is 3.45. The summed E-state index contributed by atoms with van der Waals surface area (Å²) < 4.78 is 39.3. The fraction of sp³-hybridized carbons (Fsp3) is 0.0303. The van der Waals surface area contributed by atoms with Gasteiger partial charge >= 0.3 is 6.18 Å². The summed E-state index contributed by atoms with van der Waals surface area (Å²) >= 11 is 0. The van der Waals surface area contributed by atoms with E-state index in [2.05, 4.69) is 9.69 Å². The third-order valence-electron chi connectivity index (χ3n) is 7.22. The van der Waals surface area contributed by atoms with E-state index in [0.29, 0.717) is 39.0 Å². The Morgan fingerprint density at radius 1 is 0.575 bits per heavy atom. The summed E-state index contributed by atoms with van der Waals surface area (Å²) in [5.74, 6) is 0. The second kappa shape index (κ2) is 8.85. The van der Waals surface area contributed by atoms with Gasteiger partial charge in [-0.25, -0.2) is 20.2 Å². The zero-order valence-corrected chi connectivity index (χ0v) is 20.4. The van der Waals surface area contributed by atoms with Gasteiger partial charge in [-0.15, -0.1) is 0 Å². The van der Waals surface area contributed by atoms with E-state index in [1.54, 1.807) is 12.1 Å². The number of halogens is 3. The van der Waals surface area contributed by atoms with Crippen LogP contribution < -0.4 is 0 Å². The molecule has 186 valence electrons. The van der Waals surface area contributed by atoms with Gasteiger partial charge in [-0.05, 0) is 86.0 Å². The van der Waals surface area contributed by atoms with Crippen LogP contribution in [-0.2, 0) is 6.18 Å². The van der Waals surface area contributed by atoms with E-state index >= 15 is 0 Å². The lowest BCUT2D eigenvalue weighted by Crippen LogP contribution is -2.03. The van der Waals surface area contributed by atoms with Crippen molar-refractivity contribution in [2.75, 3.05) is 0 Å². The molecule has 0 fully saturated rings. The van der Waals surface area contributed by atoms with Crippen LogP contribution >= 0.6 is 0 Å². The molecule has 7 heteroatoms. The third kappa shape index (κ3) is 3.51. The maximum absolute atomic E-state index is 13.1. The van der Waals surface area contributed by atoms with Crippen LogP contribution in [0.15, 0.2) is 90.3 Å². The number of alkyl halides is 3. The van der Waals surface area contributed by atoms with Crippen molar-refractivity contribution in [1.29, 1.82) is 10.5 Å². The summed E-state index contributed by atoms with van der Waals surface area (Å²) in [6.07, 6.45) is -4.45. The van der Waals surface area contributed by atoms with Crippen molar-refractivity contribution in [2.45, 2.75) is 6.18 Å². The Bertz CT molecular complexity index is 1990. The monoisotopic (exact) mass is 522 g/mol. The molecule has 4 aromatic carbocycles. The summed E-state index contributed by atoms with van der Waals surface area (Å²) in [5.41, 5.74) is 7.18. The van der Waals surface area contributed by atoms with Gasteiger partial charge in [-0.2, -0.15) is 13.2 Å². The van der Waals surface area contributed by atoms with Crippen molar-refractivity contribution in [1.82, 2.24) is 0 Å². The Morgan fingerprint density at radius 2 is 1.05 bits per heavy atom. The molecular formula is C33H13F3N4. The fourth-order valence-corrected chi connectivity index (χ4v) is 5.49. The van der Waals surface area contributed by atoms with Gasteiger partial charge in [-0.1, -0.05) is 48.5 Å². The molecule has 0 bridgehead atoms. The zero-order valence-electron chi connectivity index (χ0n) is 20.4. The smallest absolute Gasteiger partial charge is 0.226 e. The van der Waals surface area contributed by atoms with Crippen molar-refractivity contribution in [2.24, 2.45) is 0 Å². The maximum Gasteiger partial charge on any atom is 0.416 e. The molecule has 0 aliphatic heterocycles. The highest BCUT2D eigenvalue weighted by Crippen LogP contribution is 2.54. The van der Waals surface area contributed by atoms with Crippen LogP contribution in [0.1, 0.15) is 27.8 Å². The van der Waals surface area contributed by atoms with Crippen molar-refractivity contribution in [3.8, 4) is 45.5 Å². The molecule has 0 spiro atoms. The van der Waals surface area contributed by atoms with Crippen molar-refractivity contribution in [3.05, 3.63) is 141 Å². The zero-order chi connectivity index (χ0) is 28.2. The standard InChI is InChI=1S/C33H13F3N4/c1-39-29(16-37)31-23-6-4-3-5-21(23)24-14-28-25(15-27(24)31)22-12-9-19(13-26(22)32(28)30(17-38)40-2)18-7-10-20(11-8-18)33(34,35)36/h3-15H/b31-29-,32-30+. The minimum absolute atomic E-state index is 0.0309. The second-order valence-corrected chi connectivity index (χ2v) is 9.22. The number of nitrogens with zero attached hydrogens (tertiary/aromatic N) is 4. The molecule has 0 heterocycles. The van der Waals surface area contributed by atoms with Crippen LogP contribution in [0.5, 0.6) is 0 Å². The van der Waals surface area contributed by atoms with E-state index in [1.165, 1.54) is 12.1 Å². The number of allylic oxidation sites excluding steroid dienone is 2. The molecule has 0 unspecified atom stereocenters. The van der Waals surface area contributed by atoms with Gasteiger partial charge in [0.15, 0.2) is 0 Å². The Kier molecular flexibility index (Phi) is 5.41. The predicted octanol–water partition coefficient (Wildman–Crippen LogP) is 8.74. The van der Waals surface area contributed by atoms with E-state index in [4.69, 9.17) is 13.1 Å². The van der Waals surface area contributed by atoms with Crippen molar-refractivity contribution >= 4 is 11.1 Å². The molecule has 0 amide bonds. The molecule has 2 aliphatic rings. The predicted molar refractivity (Wildman–Crippen MR) is 144 cm³/mol. The van der Waals surface area contributed by atoms with Gasteiger partial charge in [0.1, 0.15) is 0 Å². The lowest BCUT2D eigenvalue weighted by molar-refractivity contribution is -0.137. The first-order valence-corrected chi connectivity index (χ1v) is 12.0. The SMILES string of the molecule is [C-]#[N+]/C(C#N)=C1/c2ccccc2-c2cc3c(cc21)-c1ccc(-c2ccc(C(F)(F)F)cc2)cc1/C3=C(/C#N)[N+]#[C-]. The quantitative estimate of drug-likeness (QED) is 0.160. The molecule has 6 rings (SSSR count). The van der Waals surface area contributed by atoms with Gasteiger partial charge in [0.05, 0.1) is 30.8 Å². The molecule has 4 aromatic rings. The van der Waals surface area contributed by atoms with Crippen LogP contribution in [0.4, 0.5) is 13.2 Å². The highest BCUT2D eigenvalue weighted by molar-refractivity contribution is 6.11. The molecular weight excluding hydrogens is 509 g/mol. The van der Waals surface area contributed by atoms with Crippen LogP contribution in [0.25, 0.3) is 54.2 Å². The van der Waals surface area contributed by atoms with Crippen LogP contribution in [0.2, 0.25) is 0 Å². The minimum Gasteiger partial charge on any atom is -0.226 e. The minimum atomic E-state index is -4.45. The fourth-order valence-electron chi connectivity index (χ4n) is 5.49. The van der Waals surface area contributed by atoms with Crippen molar-refractivity contribution < 1.29 is 13.2 Å². The largest absolute Gasteiger partial charge is 0.416 e. The first-order chi connectivity index (χ1) is 19.3. The molecule has 0 radical (unpaired) electrons. The van der Waals surface area contributed by atoms with E-state index in [-0.39, 0.29) is 11.4 Å². The van der Waals surface area contributed by atoms with E-state index in [0.717, 1.165) is 39.9 Å². The molecule has 0 saturated heterocycles. The Labute approximate surface area is 227 Å². The van der Waals surface area contributed by atoms with Gasteiger partial charge in [0.25, 0.3) is 11.4 Å². The van der Waals surface area contributed by atoms with Gasteiger partial charge in [0.2, 0.25) is 0 Å². The van der Waals surface area contributed by atoms with Crippen LogP contribution in [-0.4, -0.2) is 0 Å². The summed E-state index contributed by atoms with van der Waals surface area (Å²) in [5, 5.41) is 19.6. The normalized spacial score (nSPS) is 14.9. The third-order valence-corrected chi connectivity index (χ3v) is 7.22. The van der Waals surface area contributed by atoms with Crippen LogP contribution in [0.3, 0.4) is 0 Å². The van der Waals surface area contributed by atoms with Crippen molar-refractivity contribution in [3.63, 3.8) is 0 Å². The lowest BCUT2D eigenvalue weighted by atomic mass is 9.95. The first-order valence-electron chi connectivity index (χ1n) is 12.0. The highest BCUT2D eigenvalue weighted by atomic mass is 19.4. The van der Waals surface area contributed by atoms with E-state index in [1.807, 2.05) is 54.6 Å². The number of nitriles is 2. The molecule has 0 atom stereocenters. The topological polar surface area (TPSA) is 56.3 Å². The number of fused-ring (bicyclic) bond motifs is 6. The molecule has 2 aliphatic carbocycles. The number of hydrogen-bond acceptors (Lipinski definition) is 2. The van der Waals surface area contributed by atoms with E-state index < -0.39 is 11.7 Å². The number of benzene rings is 4.